The molecule has 22 heavy (non-hydrogen) atoms. The van der Waals surface area contributed by atoms with Crippen molar-refractivity contribution in [2.75, 3.05) is 10.6 Å². The number of ether oxygens (including phenoxy) is 1. The first-order chi connectivity index (χ1) is 10.4. The fourth-order valence-electron chi connectivity index (χ4n) is 1.76. The summed E-state index contributed by atoms with van der Waals surface area (Å²) >= 11 is 5.66. The number of carbonyl (C=O) groups excluding carboxylic acids is 1. The standard InChI is InChI=1S/C16H16ClFN2O2/c1-10(2)22-13-6-3-11(4-7-13)19-16(21)20-12-5-8-15(18)14(17)9-12/h3-10H,1-2H3,(H2,19,20,21). The molecule has 0 fully saturated rings. The summed E-state index contributed by atoms with van der Waals surface area (Å²) in [7, 11) is 0. The Labute approximate surface area is 133 Å². The molecule has 2 rings (SSSR count). The molecule has 2 N–H and O–H groups in total. The maximum absolute atomic E-state index is 13.0. The van der Waals surface area contributed by atoms with Crippen LogP contribution in [-0.2, 0) is 0 Å². The van der Waals surface area contributed by atoms with Crippen molar-refractivity contribution in [2.45, 2.75) is 20.0 Å². The lowest BCUT2D eigenvalue weighted by atomic mass is 10.3. The Bertz CT molecular complexity index is 660. The smallest absolute Gasteiger partial charge is 0.323 e. The molecular weight excluding hydrogens is 307 g/mol. The van der Waals surface area contributed by atoms with Gasteiger partial charge in [-0.15, -0.1) is 0 Å². The van der Waals surface area contributed by atoms with Crippen LogP contribution in [0.3, 0.4) is 0 Å². The molecule has 0 aliphatic rings. The molecule has 2 amide bonds. The lowest BCUT2D eigenvalue weighted by molar-refractivity contribution is 0.242. The van der Waals surface area contributed by atoms with E-state index in [1.807, 2.05) is 13.8 Å². The largest absolute Gasteiger partial charge is 0.491 e. The van der Waals surface area contributed by atoms with Crippen LogP contribution < -0.4 is 15.4 Å². The molecule has 0 spiro atoms. The van der Waals surface area contributed by atoms with E-state index in [4.69, 9.17) is 16.3 Å². The van der Waals surface area contributed by atoms with Gasteiger partial charge in [-0.2, -0.15) is 0 Å². The number of hydrogen-bond donors (Lipinski definition) is 2. The molecule has 0 aromatic heterocycles. The minimum Gasteiger partial charge on any atom is -0.491 e. The highest BCUT2D eigenvalue weighted by Gasteiger charge is 2.06. The third-order valence-corrected chi connectivity index (χ3v) is 2.95. The van der Waals surface area contributed by atoms with Crippen LogP contribution in [0.2, 0.25) is 5.02 Å². The zero-order chi connectivity index (χ0) is 16.1. The second-order valence-corrected chi connectivity index (χ2v) is 5.31. The molecule has 0 heterocycles. The highest BCUT2D eigenvalue weighted by atomic mass is 35.5. The van der Waals surface area contributed by atoms with Crippen molar-refractivity contribution in [3.8, 4) is 5.75 Å². The molecule has 4 nitrogen and oxygen atoms in total. The average Bonchev–Trinajstić information content (AvgIpc) is 2.44. The molecule has 6 heteroatoms. The Morgan fingerprint density at radius 1 is 1.09 bits per heavy atom. The number of anilines is 2. The van der Waals surface area contributed by atoms with Crippen LogP contribution in [0.4, 0.5) is 20.6 Å². The van der Waals surface area contributed by atoms with Gasteiger partial charge in [0, 0.05) is 11.4 Å². The van der Waals surface area contributed by atoms with Crippen LogP contribution >= 0.6 is 11.6 Å². The third kappa shape index (κ3) is 4.63. The number of nitrogens with one attached hydrogen (secondary N) is 2. The molecule has 0 saturated carbocycles. The van der Waals surface area contributed by atoms with Crippen LogP contribution in [-0.4, -0.2) is 12.1 Å². The molecule has 0 radical (unpaired) electrons. The van der Waals surface area contributed by atoms with E-state index in [0.717, 1.165) is 5.75 Å². The summed E-state index contributed by atoms with van der Waals surface area (Å²) in [5.74, 6) is 0.194. The minimum atomic E-state index is -0.534. The van der Waals surface area contributed by atoms with Crippen molar-refractivity contribution < 1.29 is 13.9 Å². The van der Waals surface area contributed by atoms with Gasteiger partial charge >= 0.3 is 6.03 Å². The van der Waals surface area contributed by atoms with Gasteiger partial charge in [-0.3, -0.25) is 0 Å². The first-order valence-electron chi connectivity index (χ1n) is 6.74. The van der Waals surface area contributed by atoms with Gasteiger partial charge in [0.25, 0.3) is 0 Å². The fraction of sp³-hybridized carbons (Fsp3) is 0.188. The van der Waals surface area contributed by atoms with Crippen molar-refractivity contribution >= 4 is 29.0 Å². The van der Waals surface area contributed by atoms with Gasteiger partial charge in [0.2, 0.25) is 0 Å². The zero-order valence-corrected chi connectivity index (χ0v) is 12.9. The quantitative estimate of drug-likeness (QED) is 0.840. The van der Waals surface area contributed by atoms with Crippen molar-refractivity contribution in [1.29, 1.82) is 0 Å². The second-order valence-electron chi connectivity index (χ2n) is 4.90. The number of halogens is 2. The van der Waals surface area contributed by atoms with Gasteiger partial charge in [0.1, 0.15) is 11.6 Å². The van der Waals surface area contributed by atoms with Gasteiger partial charge in [0.15, 0.2) is 0 Å². The fourth-order valence-corrected chi connectivity index (χ4v) is 1.94. The van der Waals surface area contributed by atoms with E-state index in [2.05, 4.69) is 10.6 Å². The van der Waals surface area contributed by atoms with Crippen LogP contribution in [0.5, 0.6) is 5.75 Å². The number of hydrogen-bond acceptors (Lipinski definition) is 2. The van der Waals surface area contributed by atoms with E-state index in [9.17, 15) is 9.18 Å². The molecule has 0 saturated heterocycles. The van der Waals surface area contributed by atoms with E-state index in [0.29, 0.717) is 11.4 Å². The predicted molar refractivity (Wildman–Crippen MR) is 86.3 cm³/mol. The molecule has 0 bridgehead atoms. The topological polar surface area (TPSA) is 50.4 Å². The van der Waals surface area contributed by atoms with Crippen molar-refractivity contribution in [3.05, 3.63) is 53.3 Å². The van der Waals surface area contributed by atoms with Gasteiger partial charge in [-0.1, -0.05) is 11.6 Å². The average molecular weight is 323 g/mol. The SMILES string of the molecule is CC(C)Oc1ccc(NC(=O)Nc2ccc(F)c(Cl)c2)cc1. The maximum Gasteiger partial charge on any atom is 0.323 e. The van der Waals surface area contributed by atoms with E-state index in [1.165, 1.54) is 18.2 Å². The monoisotopic (exact) mass is 322 g/mol. The molecule has 116 valence electrons. The Morgan fingerprint density at radius 2 is 1.68 bits per heavy atom. The van der Waals surface area contributed by atoms with Crippen LogP contribution in [0, 0.1) is 5.82 Å². The zero-order valence-electron chi connectivity index (χ0n) is 12.2. The summed E-state index contributed by atoms with van der Waals surface area (Å²) < 4.78 is 18.6. The van der Waals surface area contributed by atoms with Gasteiger partial charge in [0.05, 0.1) is 11.1 Å². The van der Waals surface area contributed by atoms with Gasteiger partial charge in [-0.25, -0.2) is 9.18 Å². The number of amides is 2. The molecule has 2 aromatic carbocycles. The summed E-state index contributed by atoms with van der Waals surface area (Å²) in [6.45, 7) is 3.88. The Hall–Kier alpha value is -2.27. The molecule has 0 atom stereocenters. The first kappa shape index (κ1) is 16.1. The highest BCUT2D eigenvalue weighted by molar-refractivity contribution is 6.31. The Morgan fingerprint density at radius 3 is 2.27 bits per heavy atom. The molecule has 0 aliphatic heterocycles. The van der Waals surface area contributed by atoms with Crippen LogP contribution in [0.25, 0.3) is 0 Å². The second kappa shape index (κ2) is 7.13. The first-order valence-corrected chi connectivity index (χ1v) is 7.11. The minimum absolute atomic E-state index is 0.0482. The molecule has 0 aliphatic carbocycles. The maximum atomic E-state index is 13.0. The number of urea groups is 1. The predicted octanol–water partition coefficient (Wildman–Crippen LogP) is 4.91. The lowest BCUT2D eigenvalue weighted by Crippen LogP contribution is -2.19. The summed E-state index contributed by atoms with van der Waals surface area (Å²) in [5, 5.41) is 5.19. The summed E-state index contributed by atoms with van der Waals surface area (Å²) in [4.78, 5) is 11.9. The van der Waals surface area contributed by atoms with E-state index >= 15 is 0 Å². The number of benzene rings is 2. The van der Waals surface area contributed by atoms with Gasteiger partial charge in [-0.05, 0) is 56.3 Å². The molecular formula is C16H16ClFN2O2. The van der Waals surface area contributed by atoms with E-state index < -0.39 is 11.8 Å². The van der Waals surface area contributed by atoms with E-state index in [1.54, 1.807) is 24.3 Å². The summed E-state index contributed by atoms with van der Waals surface area (Å²) in [6, 6.07) is 10.5. The number of rotatable bonds is 4. The molecule has 2 aromatic rings. The molecule has 0 unspecified atom stereocenters. The summed E-state index contributed by atoms with van der Waals surface area (Å²) in [5.41, 5.74) is 1.02. The third-order valence-electron chi connectivity index (χ3n) is 2.66. The van der Waals surface area contributed by atoms with Crippen molar-refractivity contribution in [2.24, 2.45) is 0 Å². The lowest BCUT2D eigenvalue weighted by Gasteiger charge is -2.11. The van der Waals surface area contributed by atoms with Crippen LogP contribution in [0.1, 0.15) is 13.8 Å². The van der Waals surface area contributed by atoms with Gasteiger partial charge < -0.3 is 15.4 Å². The van der Waals surface area contributed by atoms with E-state index in [-0.39, 0.29) is 11.1 Å². The highest BCUT2D eigenvalue weighted by Crippen LogP contribution is 2.20. The Balaban J connectivity index is 1.95. The van der Waals surface area contributed by atoms with Crippen LogP contribution in [0.15, 0.2) is 42.5 Å². The van der Waals surface area contributed by atoms with Crippen molar-refractivity contribution in [1.82, 2.24) is 0 Å². The van der Waals surface area contributed by atoms with Crippen molar-refractivity contribution in [3.63, 3.8) is 0 Å². The number of carbonyl (C=O) groups is 1. The normalized spacial score (nSPS) is 10.4. The Kier molecular flexibility index (Phi) is 5.22. The summed E-state index contributed by atoms with van der Waals surface area (Å²) in [6.07, 6.45) is 0.0883.